The fraction of sp³-hybridized carbons (Fsp3) is 0.231. The number of halogens is 4. The van der Waals surface area contributed by atoms with Crippen LogP contribution in [-0.2, 0) is 12.6 Å². The molecule has 2 rings (SSSR count). The van der Waals surface area contributed by atoms with Gasteiger partial charge < -0.3 is 5.32 Å². The van der Waals surface area contributed by atoms with E-state index in [1.54, 1.807) is 6.20 Å². The molecule has 1 heterocycles. The number of aromatic amines is 1. The summed E-state index contributed by atoms with van der Waals surface area (Å²) < 4.78 is 38.4. The maximum atomic E-state index is 12.7. The monoisotopic (exact) mass is 361 g/mol. The van der Waals surface area contributed by atoms with E-state index in [4.69, 9.17) is 0 Å². The van der Waals surface area contributed by atoms with Gasteiger partial charge in [0, 0.05) is 10.0 Å². The number of anilines is 1. The smallest absolute Gasteiger partial charge is 0.307 e. The van der Waals surface area contributed by atoms with E-state index in [2.05, 4.69) is 31.4 Å². The van der Waals surface area contributed by atoms with Gasteiger partial charge in [0.25, 0.3) is 5.91 Å². The Bertz CT molecular complexity index is 667. The zero-order valence-corrected chi connectivity index (χ0v) is 12.5. The van der Waals surface area contributed by atoms with Gasteiger partial charge in [-0.25, -0.2) is 0 Å². The normalized spacial score (nSPS) is 11.5. The first-order chi connectivity index (χ1) is 9.82. The lowest BCUT2D eigenvalue weighted by molar-refractivity contribution is -0.137. The average molecular weight is 362 g/mol. The van der Waals surface area contributed by atoms with E-state index < -0.39 is 17.6 Å². The van der Waals surface area contributed by atoms with Gasteiger partial charge in [0.1, 0.15) is 5.82 Å². The Labute approximate surface area is 126 Å². The minimum Gasteiger partial charge on any atom is -0.307 e. The van der Waals surface area contributed by atoms with E-state index in [-0.39, 0.29) is 10.0 Å². The summed E-state index contributed by atoms with van der Waals surface area (Å²) in [5.41, 5.74) is -0.205. The summed E-state index contributed by atoms with van der Waals surface area (Å²) in [4.78, 5) is 12.1. The van der Waals surface area contributed by atoms with Gasteiger partial charge in [-0.1, -0.05) is 6.92 Å². The molecule has 0 saturated carbocycles. The van der Waals surface area contributed by atoms with Crippen molar-refractivity contribution in [2.45, 2.75) is 19.5 Å². The number of rotatable bonds is 3. The highest BCUT2D eigenvalue weighted by molar-refractivity contribution is 9.10. The van der Waals surface area contributed by atoms with Crippen molar-refractivity contribution in [1.82, 2.24) is 10.2 Å². The lowest BCUT2D eigenvalue weighted by Crippen LogP contribution is -2.15. The Hall–Kier alpha value is -1.83. The maximum Gasteiger partial charge on any atom is 0.416 e. The van der Waals surface area contributed by atoms with Crippen molar-refractivity contribution in [1.29, 1.82) is 0 Å². The molecular weight excluding hydrogens is 351 g/mol. The molecule has 0 aliphatic heterocycles. The Balaban J connectivity index is 2.31. The molecule has 0 atom stereocenters. The van der Waals surface area contributed by atoms with Crippen molar-refractivity contribution < 1.29 is 18.0 Å². The van der Waals surface area contributed by atoms with Gasteiger partial charge in [-0.2, -0.15) is 18.3 Å². The van der Waals surface area contributed by atoms with E-state index >= 15 is 0 Å². The summed E-state index contributed by atoms with van der Waals surface area (Å²) >= 11 is 3.08. The standard InChI is InChI=1S/C13H11BrF3N3O/c1-2-7-6-18-20-11(7)19-12(21)9-5-8(13(15,16)17)3-4-10(9)14/h3-6H,2H2,1H3,(H2,18,19,20,21). The van der Waals surface area contributed by atoms with Gasteiger partial charge in [-0.15, -0.1) is 0 Å². The topological polar surface area (TPSA) is 57.8 Å². The summed E-state index contributed by atoms with van der Waals surface area (Å²) in [7, 11) is 0. The number of hydrogen-bond donors (Lipinski definition) is 2. The molecule has 0 saturated heterocycles. The zero-order valence-electron chi connectivity index (χ0n) is 10.9. The largest absolute Gasteiger partial charge is 0.416 e. The van der Waals surface area contributed by atoms with Crippen molar-refractivity contribution in [3.63, 3.8) is 0 Å². The van der Waals surface area contributed by atoms with E-state index in [1.807, 2.05) is 6.92 Å². The number of hydrogen-bond acceptors (Lipinski definition) is 2. The number of aromatic nitrogens is 2. The van der Waals surface area contributed by atoms with Gasteiger partial charge in [-0.05, 0) is 40.5 Å². The van der Waals surface area contributed by atoms with Gasteiger partial charge in [0.2, 0.25) is 0 Å². The van der Waals surface area contributed by atoms with Crippen LogP contribution in [0.2, 0.25) is 0 Å². The van der Waals surface area contributed by atoms with E-state index in [0.717, 1.165) is 17.7 Å². The van der Waals surface area contributed by atoms with Crippen LogP contribution >= 0.6 is 15.9 Å². The minimum absolute atomic E-state index is 0.0959. The SMILES string of the molecule is CCc1cn[nH]c1NC(=O)c1cc(C(F)(F)F)ccc1Br. The molecular formula is C13H11BrF3N3O. The highest BCUT2D eigenvalue weighted by atomic mass is 79.9. The van der Waals surface area contributed by atoms with Crippen LogP contribution in [0.4, 0.5) is 19.0 Å². The highest BCUT2D eigenvalue weighted by Gasteiger charge is 2.31. The first kappa shape index (κ1) is 15.6. The molecule has 2 aromatic rings. The summed E-state index contributed by atoms with van der Waals surface area (Å²) in [5, 5.41) is 8.91. The van der Waals surface area contributed by atoms with Crippen LogP contribution in [0.25, 0.3) is 0 Å². The second-order valence-electron chi connectivity index (χ2n) is 4.27. The number of aryl methyl sites for hydroxylation is 1. The molecule has 8 heteroatoms. The molecule has 0 bridgehead atoms. The van der Waals surface area contributed by atoms with Crippen molar-refractivity contribution in [3.05, 3.63) is 45.6 Å². The zero-order chi connectivity index (χ0) is 15.6. The molecule has 0 unspecified atom stereocenters. The quantitative estimate of drug-likeness (QED) is 0.867. The van der Waals surface area contributed by atoms with Gasteiger partial charge in [0.15, 0.2) is 0 Å². The predicted molar refractivity (Wildman–Crippen MR) is 75.1 cm³/mol. The molecule has 0 fully saturated rings. The number of nitrogens with one attached hydrogen (secondary N) is 2. The van der Waals surface area contributed by atoms with Crippen molar-refractivity contribution in [2.75, 3.05) is 5.32 Å². The average Bonchev–Trinajstić information content (AvgIpc) is 2.84. The van der Waals surface area contributed by atoms with Crippen LogP contribution in [0.5, 0.6) is 0 Å². The number of H-pyrrole nitrogens is 1. The van der Waals surface area contributed by atoms with Crippen LogP contribution in [0, 0.1) is 0 Å². The number of carbonyl (C=O) groups is 1. The van der Waals surface area contributed by atoms with Gasteiger partial charge >= 0.3 is 6.18 Å². The number of benzene rings is 1. The number of nitrogens with zero attached hydrogens (tertiary/aromatic N) is 1. The van der Waals surface area contributed by atoms with Crippen molar-refractivity contribution in [3.8, 4) is 0 Å². The fourth-order valence-electron chi connectivity index (χ4n) is 1.74. The lowest BCUT2D eigenvalue weighted by atomic mass is 10.1. The Kier molecular flexibility index (Phi) is 4.36. The summed E-state index contributed by atoms with van der Waals surface area (Å²) in [6, 6.07) is 2.92. The maximum absolute atomic E-state index is 12.7. The molecule has 1 aromatic heterocycles. The fourth-order valence-corrected chi connectivity index (χ4v) is 2.17. The van der Waals surface area contributed by atoms with Crippen LogP contribution in [-0.4, -0.2) is 16.1 Å². The molecule has 1 aromatic carbocycles. The Morgan fingerprint density at radius 1 is 1.43 bits per heavy atom. The predicted octanol–water partition coefficient (Wildman–Crippen LogP) is 4.01. The van der Waals surface area contributed by atoms with Crippen LogP contribution < -0.4 is 5.32 Å². The summed E-state index contributed by atoms with van der Waals surface area (Å²) in [6.45, 7) is 1.88. The van der Waals surface area contributed by atoms with E-state index in [9.17, 15) is 18.0 Å². The van der Waals surface area contributed by atoms with Crippen molar-refractivity contribution >= 4 is 27.7 Å². The van der Waals surface area contributed by atoms with Crippen LogP contribution in [0.1, 0.15) is 28.4 Å². The highest BCUT2D eigenvalue weighted by Crippen LogP contribution is 2.32. The second-order valence-corrected chi connectivity index (χ2v) is 5.12. The van der Waals surface area contributed by atoms with Crippen LogP contribution in [0.15, 0.2) is 28.9 Å². The third-order valence-electron chi connectivity index (χ3n) is 2.88. The number of carbonyl (C=O) groups excluding carboxylic acids is 1. The molecule has 0 aliphatic rings. The van der Waals surface area contributed by atoms with Gasteiger partial charge in [-0.3, -0.25) is 9.89 Å². The first-order valence-electron chi connectivity index (χ1n) is 6.03. The first-order valence-corrected chi connectivity index (χ1v) is 6.82. The molecule has 0 spiro atoms. The third kappa shape index (κ3) is 3.44. The number of alkyl halides is 3. The Morgan fingerprint density at radius 3 is 2.76 bits per heavy atom. The van der Waals surface area contributed by atoms with Crippen molar-refractivity contribution in [2.24, 2.45) is 0 Å². The third-order valence-corrected chi connectivity index (χ3v) is 3.57. The summed E-state index contributed by atoms with van der Waals surface area (Å²) in [6.07, 6.45) is -2.31. The minimum atomic E-state index is -4.50. The molecule has 4 nitrogen and oxygen atoms in total. The van der Waals surface area contributed by atoms with E-state index in [1.165, 1.54) is 6.07 Å². The second kappa shape index (κ2) is 5.88. The van der Waals surface area contributed by atoms with Gasteiger partial charge in [0.05, 0.1) is 17.3 Å². The number of amides is 1. The molecule has 0 aliphatic carbocycles. The Morgan fingerprint density at radius 2 is 2.14 bits per heavy atom. The molecule has 112 valence electrons. The molecule has 0 radical (unpaired) electrons. The molecule has 2 N–H and O–H groups in total. The molecule has 1 amide bonds. The van der Waals surface area contributed by atoms with E-state index in [0.29, 0.717) is 12.2 Å². The summed E-state index contributed by atoms with van der Waals surface area (Å²) in [5.74, 6) is -0.265. The molecule has 21 heavy (non-hydrogen) atoms. The van der Waals surface area contributed by atoms with Crippen LogP contribution in [0.3, 0.4) is 0 Å². The lowest BCUT2D eigenvalue weighted by Gasteiger charge is -2.11.